The zero-order chi connectivity index (χ0) is 13.4. The Labute approximate surface area is 110 Å². The molecule has 1 fully saturated rings. The van der Waals surface area contributed by atoms with Crippen LogP contribution in [0.5, 0.6) is 0 Å². The third-order valence-electron chi connectivity index (χ3n) is 3.57. The van der Waals surface area contributed by atoms with Gasteiger partial charge in [-0.05, 0) is 18.1 Å². The van der Waals surface area contributed by atoms with Gasteiger partial charge in [0.15, 0.2) is 5.65 Å². The molecule has 6 nitrogen and oxygen atoms in total. The summed E-state index contributed by atoms with van der Waals surface area (Å²) in [5.74, 6) is -0.185. The number of hydrogen-bond acceptors (Lipinski definition) is 5. The van der Waals surface area contributed by atoms with Gasteiger partial charge in [0.2, 0.25) is 0 Å². The molecule has 1 aliphatic heterocycles. The monoisotopic (exact) mass is 258 g/mol. The lowest BCUT2D eigenvalue weighted by atomic mass is 9.99. The van der Waals surface area contributed by atoms with Crippen molar-refractivity contribution in [1.29, 1.82) is 0 Å². The fourth-order valence-electron chi connectivity index (χ4n) is 2.50. The van der Waals surface area contributed by atoms with Crippen LogP contribution in [0.2, 0.25) is 0 Å². The summed E-state index contributed by atoms with van der Waals surface area (Å²) in [7, 11) is 0. The number of aromatic nitrogens is 3. The fourth-order valence-corrected chi connectivity index (χ4v) is 2.50. The molecule has 3 rings (SSSR count). The predicted molar refractivity (Wildman–Crippen MR) is 69.8 cm³/mol. The van der Waals surface area contributed by atoms with Gasteiger partial charge < -0.3 is 10.0 Å². The summed E-state index contributed by atoms with van der Waals surface area (Å²) in [5.41, 5.74) is 1.33. The Morgan fingerprint density at radius 3 is 2.84 bits per heavy atom. The van der Waals surface area contributed by atoms with Crippen LogP contribution in [0.3, 0.4) is 0 Å². The molecule has 0 bridgehead atoms. The number of hydrogen-bond donors (Lipinski definition) is 1. The SMILES string of the molecule is C[C@@H]1CN(c2ccc3nccnc3n2)C[C@H]1C(=O)O. The average molecular weight is 258 g/mol. The van der Waals surface area contributed by atoms with E-state index in [0.29, 0.717) is 18.7 Å². The maximum Gasteiger partial charge on any atom is 0.308 e. The Kier molecular flexibility index (Phi) is 2.77. The van der Waals surface area contributed by atoms with Gasteiger partial charge >= 0.3 is 5.97 Å². The van der Waals surface area contributed by atoms with Crippen LogP contribution in [0.1, 0.15) is 6.92 Å². The molecule has 0 aliphatic carbocycles. The Bertz CT molecular complexity index is 631. The van der Waals surface area contributed by atoms with Crippen LogP contribution in [0, 0.1) is 11.8 Å². The van der Waals surface area contributed by atoms with E-state index in [1.807, 2.05) is 24.0 Å². The van der Waals surface area contributed by atoms with E-state index in [4.69, 9.17) is 5.11 Å². The fraction of sp³-hybridized carbons (Fsp3) is 0.385. The van der Waals surface area contributed by atoms with Gasteiger partial charge in [0.25, 0.3) is 0 Å². The second kappa shape index (κ2) is 4.46. The van der Waals surface area contributed by atoms with Gasteiger partial charge in [-0.3, -0.25) is 9.78 Å². The number of carbonyl (C=O) groups is 1. The average Bonchev–Trinajstić information content (AvgIpc) is 2.80. The molecule has 2 aromatic rings. The molecular weight excluding hydrogens is 244 g/mol. The number of anilines is 1. The molecule has 6 heteroatoms. The van der Waals surface area contributed by atoms with Crippen LogP contribution < -0.4 is 4.90 Å². The minimum absolute atomic E-state index is 0.122. The normalized spacial score (nSPS) is 22.9. The molecule has 0 amide bonds. The number of rotatable bonds is 2. The molecule has 1 N–H and O–H groups in total. The predicted octanol–water partition coefficient (Wildman–Crippen LogP) is 1.18. The Morgan fingerprint density at radius 2 is 2.11 bits per heavy atom. The summed E-state index contributed by atoms with van der Waals surface area (Å²) >= 11 is 0. The van der Waals surface area contributed by atoms with Gasteiger partial charge in [-0.1, -0.05) is 6.92 Å². The summed E-state index contributed by atoms with van der Waals surface area (Å²) in [4.78, 5) is 25.9. The molecule has 1 aliphatic rings. The first-order valence-electron chi connectivity index (χ1n) is 6.20. The second-order valence-electron chi connectivity index (χ2n) is 4.90. The summed E-state index contributed by atoms with van der Waals surface area (Å²) in [6.07, 6.45) is 3.23. The Morgan fingerprint density at radius 1 is 1.32 bits per heavy atom. The molecule has 0 saturated carbocycles. The topological polar surface area (TPSA) is 79.2 Å². The van der Waals surface area contributed by atoms with E-state index < -0.39 is 5.97 Å². The summed E-state index contributed by atoms with van der Waals surface area (Å²) in [5, 5.41) is 9.15. The van der Waals surface area contributed by atoms with Crippen molar-refractivity contribution in [1.82, 2.24) is 15.0 Å². The van der Waals surface area contributed by atoms with Crippen molar-refractivity contribution in [3.05, 3.63) is 24.5 Å². The van der Waals surface area contributed by atoms with Crippen LogP contribution in [-0.2, 0) is 4.79 Å². The van der Waals surface area contributed by atoms with Gasteiger partial charge in [-0.25, -0.2) is 9.97 Å². The maximum absolute atomic E-state index is 11.1. The Balaban J connectivity index is 1.91. The van der Waals surface area contributed by atoms with Gasteiger partial charge in [-0.2, -0.15) is 0 Å². The lowest BCUT2D eigenvalue weighted by Gasteiger charge is -2.16. The van der Waals surface area contributed by atoms with Crippen LogP contribution in [0.4, 0.5) is 5.82 Å². The molecule has 3 heterocycles. The minimum Gasteiger partial charge on any atom is -0.481 e. The third-order valence-corrected chi connectivity index (χ3v) is 3.57. The smallest absolute Gasteiger partial charge is 0.308 e. The van der Waals surface area contributed by atoms with Gasteiger partial charge in [0.1, 0.15) is 11.3 Å². The van der Waals surface area contributed by atoms with E-state index in [2.05, 4.69) is 15.0 Å². The van der Waals surface area contributed by atoms with Crippen molar-refractivity contribution in [2.24, 2.45) is 11.8 Å². The highest BCUT2D eigenvalue weighted by molar-refractivity contribution is 5.74. The van der Waals surface area contributed by atoms with Crippen molar-refractivity contribution in [3.8, 4) is 0 Å². The molecule has 19 heavy (non-hydrogen) atoms. The van der Waals surface area contributed by atoms with Crippen LogP contribution in [0.15, 0.2) is 24.5 Å². The van der Waals surface area contributed by atoms with Crippen molar-refractivity contribution >= 4 is 23.0 Å². The maximum atomic E-state index is 11.1. The highest BCUT2D eigenvalue weighted by Crippen LogP contribution is 2.27. The molecular formula is C13H14N4O2. The lowest BCUT2D eigenvalue weighted by molar-refractivity contribution is -0.142. The molecule has 2 atom stereocenters. The van der Waals surface area contributed by atoms with E-state index in [-0.39, 0.29) is 11.8 Å². The molecule has 2 aromatic heterocycles. The second-order valence-corrected chi connectivity index (χ2v) is 4.90. The molecule has 0 aromatic carbocycles. The first-order valence-corrected chi connectivity index (χ1v) is 6.20. The summed E-state index contributed by atoms with van der Waals surface area (Å²) in [6, 6.07) is 3.73. The summed E-state index contributed by atoms with van der Waals surface area (Å²) < 4.78 is 0. The van der Waals surface area contributed by atoms with Gasteiger partial charge in [0, 0.05) is 25.5 Å². The lowest BCUT2D eigenvalue weighted by Crippen LogP contribution is -2.23. The van der Waals surface area contributed by atoms with Crippen LogP contribution >= 0.6 is 0 Å². The number of carboxylic acids is 1. The van der Waals surface area contributed by atoms with Gasteiger partial charge in [0.05, 0.1) is 5.92 Å². The van der Waals surface area contributed by atoms with Crippen LogP contribution in [-0.4, -0.2) is 39.1 Å². The Hall–Kier alpha value is -2.24. The zero-order valence-corrected chi connectivity index (χ0v) is 10.5. The molecule has 98 valence electrons. The largest absolute Gasteiger partial charge is 0.481 e. The number of aliphatic carboxylic acids is 1. The minimum atomic E-state index is -0.740. The van der Waals surface area contributed by atoms with E-state index >= 15 is 0 Å². The van der Waals surface area contributed by atoms with Crippen molar-refractivity contribution in [2.45, 2.75) is 6.92 Å². The van der Waals surface area contributed by atoms with E-state index in [0.717, 1.165) is 11.3 Å². The summed E-state index contributed by atoms with van der Waals surface area (Å²) in [6.45, 7) is 3.16. The van der Waals surface area contributed by atoms with E-state index in [1.54, 1.807) is 12.4 Å². The van der Waals surface area contributed by atoms with Crippen molar-refractivity contribution in [3.63, 3.8) is 0 Å². The number of pyridine rings is 1. The molecule has 0 spiro atoms. The van der Waals surface area contributed by atoms with Crippen LogP contribution in [0.25, 0.3) is 11.2 Å². The van der Waals surface area contributed by atoms with E-state index in [9.17, 15) is 4.79 Å². The van der Waals surface area contributed by atoms with E-state index in [1.165, 1.54) is 0 Å². The standard InChI is InChI=1S/C13H14N4O2/c1-8-6-17(7-9(8)13(18)19)11-3-2-10-12(16-11)15-5-4-14-10/h2-5,8-9H,6-7H2,1H3,(H,18,19)/t8-,9-/m1/s1. The van der Waals surface area contributed by atoms with Gasteiger partial charge in [-0.15, -0.1) is 0 Å². The first-order chi connectivity index (χ1) is 9.15. The quantitative estimate of drug-likeness (QED) is 0.871. The molecule has 0 radical (unpaired) electrons. The highest BCUT2D eigenvalue weighted by Gasteiger charge is 2.35. The molecule has 0 unspecified atom stereocenters. The molecule has 1 saturated heterocycles. The van der Waals surface area contributed by atoms with Crippen molar-refractivity contribution in [2.75, 3.05) is 18.0 Å². The highest BCUT2D eigenvalue weighted by atomic mass is 16.4. The first kappa shape index (κ1) is 11.8. The zero-order valence-electron chi connectivity index (χ0n) is 10.5. The number of nitrogens with zero attached hydrogens (tertiary/aromatic N) is 4. The number of fused-ring (bicyclic) bond motifs is 1. The number of carboxylic acid groups (broad SMARTS) is 1. The third kappa shape index (κ3) is 2.09. The van der Waals surface area contributed by atoms with Crippen molar-refractivity contribution < 1.29 is 9.90 Å².